The Morgan fingerprint density at radius 1 is 1.38 bits per heavy atom. The highest BCUT2D eigenvalue weighted by Gasteiger charge is 2.15. The second-order valence-electron chi connectivity index (χ2n) is 5.19. The largest absolute Gasteiger partial charge is 0.481 e. The van der Waals surface area contributed by atoms with Crippen molar-refractivity contribution in [2.45, 2.75) is 26.3 Å². The van der Waals surface area contributed by atoms with E-state index in [1.807, 2.05) is 13.8 Å². The molecule has 2 heterocycles. The fraction of sp³-hybridized carbons (Fsp3) is 0.429. The number of amides is 1. The average molecular weight is 290 g/mol. The Kier molecular flexibility index (Phi) is 4.21. The van der Waals surface area contributed by atoms with Crippen LogP contribution in [0.15, 0.2) is 18.5 Å². The highest BCUT2D eigenvalue weighted by molar-refractivity contribution is 5.96. The zero-order chi connectivity index (χ0) is 15.6. The van der Waals surface area contributed by atoms with Crippen molar-refractivity contribution >= 4 is 22.9 Å². The van der Waals surface area contributed by atoms with E-state index < -0.39 is 5.97 Å². The SMILES string of the molecule is CC(C)n1ncc2cc(C(=O)N(C)CCC(=O)O)cnc21. The number of aromatic nitrogens is 3. The van der Waals surface area contributed by atoms with Crippen LogP contribution in [0, 0.1) is 0 Å². The lowest BCUT2D eigenvalue weighted by Crippen LogP contribution is -2.29. The minimum absolute atomic E-state index is 0.0802. The van der Waals surface area contributed by atoms with Gasteiger partial charge in [0.05, 0.1) is 18.2 Å². The van der Waals surface area contributed by atoms with Gasteiger partial charge in [-0.05, 0) is 19.9 Å². The quantitative estimate of drug-likeness (QED) is 0.902. The van der Waals surface area contributed by atoms with Crippen LogP contribution >= 0.6 is 0 Å². The van der Waals surface area contributed by atoms with Crippen molar-refractivity contribution in [3.63, 3.8) is 0 Å². The van der Waals surface area contributed by atoms with Gasteiger partial charge in [0.25, 0.3) is 5.91 Å². The Morgan fingerprint density at radius 2 is 2.10 bits per heavy atom. The third-order valence-electron chi connectivity index (χ3n) is 3.18. The van der Waals surface area contributed by atoms with E-state index in [1.54, 1.807) is 24.0 Å². The number of rotatable bonds is 5. The molecule has 0 fully saturated rings. The van der Waals surface area contributed by atoms with Gasteiger partial charge in [-0.25, -0.2) is 9.67 Å². The van der Waals surface area contributed by atoms with Gasteiger partial charge < -0.3 is 10.0 Å². The smallest absolute Gasteiger partial charge is 0.305 e. The minimum Gasteiger partial charge on any atom is -0.481 e. The topological polar surface area (TPSA) is 88.3 Å². The number of pyridine rings is 1. The number of carboxylic acids is 1. The Morgan fingerprint density at radius 3 is 2.71 bits per heavy atom. The van der Waals surface area contributed by atoms with Crippen molar-refractivity contribution in [1.82, 2.24) is 19.7 Å². The summed E-state index contributed by atoms with van der Waals surface area (Å²) in [6, 6.07) is 1.92. The van der Waals surface area contributed by atoms with E-state index in [0.29, 0.717) is 5.56 Å². The van der Waals surface area contributed by atoms with Crippen molar-refractivity contribution in [1.29, 1.82) is 0 Å². The first-order valence-corrected chi connectivity index (χ1v) is 6.70. The second kappa shape index (κ2) is 5.90. The molecule has 2 aromatic heterocycles. The number of hydrogen-bond donors (Lipinski definition) is 1. The molecule has 7 nitrogen and oxygen atoms in total. The monoisotopic (exact) mass is 290 g/mol. The Bertz CT molecular complexity index is 678. The van der Waals surface area contributed by atoms with Crippen LogP contribution < -0.4 is 0 Å². The van der Waals surface area contributed by atoms with Crippen molar-refractivity contribution in [3.05, 3.63) is 24.0 Å². The molecule has 0 radical (unpaired) electrons. The minimum atomic E-state index is -0.929. The summed E-state index contributed by atoms with van der Waals surface area (Å²) in [6.45, 7) is 4.18. The molecule has 0 aromatic carbocycles. The van der Waals surface area contributed by atoms with Crippen molar-refractivity contribution in [2.24, 2.45) is 0 Å². The van der Waals surface area contributed by atoms with Gasteiger partial charge in [0.1, 0.15) is 0 Å². The summed E-state index contributed by atoms with van der Waals surface area (Å²) in [5.41, 5.74) is 1.16. The van der Waals surface area contributed by atoms with Gasteiger partial charge in [0.15, 0.2) is 5.65 Å². The van der Waals surface area contributed by atoms with Crippen LogP contribution in [0.1, 0.15) is 36.7 Å². The van der Waals surface area contributed by atoms with Gasteiger partial charge in [-0.3, -0.25) is 9.59 Å². The fourth-order valence-electron chi connectivity index (χ4n) is 2.02. The van der Waals surface area contributed by atoms with E-state index in [2.05, 4.69) is 10.1 Å². The maximum absolute atomic E-state index is 12.2. The van der Waals surface area contributed by atoms with Crippen molar-refractivity contribution in [3.8, 4) is 0 Å². The fourth-order valence-corrected chi connectivity index (χ4v) is 2.02. The lowest BCUT2D eigenvalue weighted by molar-refractivity contribution is -0.137. The van der Waals surface area contributed by atoms with E-state index >= 15 is 0 Å². The number of carbonyl (C=O) groups excluding carboxylic acids is 1. The highest BCUT2D eigenvalue weighted by atomic mass is 16.4. The second-order valence-corrected chi connectivity index (χ2v) is 5.19. The van der Waals surface area contributed by atoms with E-state index in [0.717, 1.165) is 11.0 Å². The molecule has 0 aliphatic heterocycles. The lowest BCUT2D eigenvalue weighted by Gasteiger charge is -2.15. The van der Waals surface area contributed by atoms with Crippen LogP contribution in [0.5, 0.6) is 0 Å². The summed E-state index contributed by atoms with van der Waals surface area (Å²) in [4.78, 5) is 28.4. The molecule has 0 spiro atoms. The summed E-state index contributed by atoms with van der Waals surface area (Å²) in [5, 5.41) is 13.7. The van der Waals surface area contributed by atoms with Crippen LogP contribution in [0.2, 0.25) is 0 Å². The Labute approximate surface area is 122 Å². The maximum Gasteiger partial charge on any atom is 0.305 e. The highest BCUT2D eigenvalue weighted by Crippen LogP contribution is 2.17. The molecule has 21 heavy (non-hydrogen) atoms. The predicted octanol–water partition coefficient (Wildman–Crippen LogP) is 1.56. The number of nitrogens with zero attached hydrogens (tertiary/aromatic N) is 4. The molecule has 0 atom stereocenters. The zero-order valence-corrected chi connectivity index (χ0v) is 12.3. The van der Waals surface area contributed by atoms with Crippen LogP contribution in [-0.4, -0.2) is 50.2 Å². The van der Waals surface area contributed by atoms with Gasteiger partial charge in [-0.15, -0.1) is 0 Å². The standard InChI is InChI=1S/C14H18N4O3/c1-9(2)18-13-10(8-16-18)6-11(7-15-13)14(21)17(3)5-4-12(19)20/h6-9H,4-5H2,1-3H3,(H,19,20). The Balaban J connectivity index is 2.22. The molecule has 0 aliphatic carbocycles. The first-order chi connectivity index (χ1) is 9.90. The summed E-state index contributed by atoms with van der Waals surface area (Å²) >= 11 is 0. The number of aliphatic carboxylic acids is 1. The van der Waals surface area contributed by atoms with Crippen LogP contribution in [0.25, 0.3) is 11.0 Å². The normalized spacial score (nSPS) is 11.0. The predicted molar refractivity (Wildman–Crippen MR) is 77.1 cm³/mol. The third-order valence-corrected chi connectivity index (χ3v) is 3.18. The maximum atomic E-state index is 12.2. The summed E-state index contributed by atoms with van der Waals surface area (Å²) in [6.07, 6.45) is 3.10. The summed E-state index contributed by atoms with van der Waals surface area (Å²) < 4.78 is 1.79. The van der Waals surface area contributed by atoms with Crippen LogP contribution in [0.4, 0.5) is 0 Å². The number of hydrogen-bond acceptors (Lipinski definition) is 4. The van der Waals surface area contributed by atoms with Gasteiger partial charge in [-0.1, -0.05) is 0 Å². The molecule has 7 heteroatoms. The first-order valence-electron chi connectivity index (χ1n) is 6.70. The van der Waals surface area contributed by atoms with E-state index in [9.17, 15) is 9.59 Å². The molecule has 0 saturated carbocycles. The molecular formula is C14H18N4O3. The molecule has 112 valence electrons. The van der Waals surface area contributed by atoms with Crippen LogP contribution in [0.3, 0.4) is 0 Å². The molecule has 0 saturated heterocycles. The van der Waals surface area contributed by atoms with Gasteiger partial charge in [-0.2, -0.15) is 5.10 Å². The zero-order valence-electron chi connectivity index (χ0n) is 12.3. The van der Waals surface area contributed by atoms with Crippen molar-refractivity contribution < 1.29 is 14.7 Å². The molecule has 2 aromatic rings. The molecule has 2 rings (SSSR count). The molecule has 0 aliphatic rings. The number of carbonyl (C=O) groups is 2. The third kappa shape index (κ3) is 3.18. The van der Waals surface area contributed by atoms with E-state index in [1.165, 1.54) is 11.1 Å². The molecular weight excluding hydrogens is 272 g/mol. The van der Waals surface area contributed by atoms with Gasteiger partial charge in [0, 0.05) is 31.2 Å². The van der Waals surface area contributed by atoms with Gasteiger partial charge in [0.2, 0.25) is 0 Å². The summed E-state index contributed by atoms with van der Waals surface area (Å²) in [5.74, 6) is -1.18. The first kappa shape index (κ1) is 15.0. The number of carboxylic acid groups (broad SMARTS) is 1. The van der Waals surface area contributed by atoms with E-state index in [4.69, 9.17) is 5.11 Å². The number of fused-ring (bicyclic) bond motifs is 1. The van der Waals surface area contributed by atoms with Gasteiger partial charge >= 0.3 is 5.97 Å². The molecule has 1 amide bonds. The molecule has 0 bridgehead atoms. The molecule has 1 N–H and O–H groups in total. The average Bonchev–Trinajstić information content (AvgIpc) is 2.86. The van der Waals surface area contributed by atoms with E-state index in [-0.39, 0.29) is 24.9 Å². The summed E-state index contributed by atoms with van der Waals surface area (Å²) in [7, 11) is 1.58. The van der Waals surface area contributed by atoms with Crippen molar-refractivity contribution in [2.75, 3.05) is 13.6 Å². The molecule has 0 unspecified atom stereocenters. The lowest BCUT2D eigenvalue weighted by atomic mass is 10.2. The van der Waals surface area contributed by atoms with Crippen LogP contribution in [-0.2, 0) is 4.79 Å². The Hall–Kier alpha value is -2.44.